The fourth-order valence-electron chi connectivity index (χ4n) is 2.17. The van der Waals surface area contributed by atoms with Crippen LogP contribution < -0.4 is 5.43 Å². The Hall–Kier alpha value is -2.95. The van der Waals surface area contributed by atoms with Crippen molar-refractivity contribution in [2.24, 2.45) is 0 Å². The molecule has 1 aromatic carbocycles. The zero-order chi connectivity index (χ0) is 14.8. The third kappa shape index (κ3) is 2.67. The van der Waals surface area contributed by atoms with Gasteiger partial charge in [-0.05, 0) is 12.1 Å². The lowest BCUT2D eigenvalue weighted by Gasteiger charge is -2.07. The summed E-state index contributed by atoms with van der Waals surface area (Å²) < 4.78 is 1.64. The number of carbonyl (C=O) groups is 1. The second-order valence-corrected chi connectivity index (χ2v) is 4.70. The van der Waals surface area contributed by atoms with Gasteiger partial charge in [-0.1, -0.05) is 24.3 Å². The first-order chi connectivity index (χ1) is 10.1. The molecule has 0 amide bonds. The van der Waals surface area contributed by atoms with E-state index in [-0.39, 0.29) is 5.56 Å². The molecule has 3 rings (SSSR count). The van der Waals surface area contributed by atoms with Gasteiger partial charge in [-0.25, -0.2) is 4.79 Å². The lowest BCUT2D eigenvalue weighted by atomic mass is 10.2. The topological polar surface area (TPSA) is 72.2 Å². The number of hydrogen-bond donors (Lipinski definition) is 1. The monoisotopic (exact) mass is 280 g/mol. The molecular weight excluding hydrogens is 268 g/mol. The molecule has 5 heteroatoms. The Morgan fingerprint density at radius 3 is 2.76 bits per heavy atom. The first-order valence-corrected chi connectivity index (χ1v) is 6.41. The van der Waals surface area contributed by atoms with Gasteiger partial charge in [0.2, 0.25) is 0 Å². The molecule has 0 fully saturated rings. The van der Waals surface area contributed by atoms with Crippen LogP contribution in [0, 0.1) is 0 Å². The van der Waals surface area contributed by atoms with Crippen molar-refractivity contribution < 1.29 is 9.90 Å². The number of benzene rings is 1. The van der Waals surface area contributed by atoms with Crippen molar-refractivity contribution in [2.75, 3.05) is 0 Å². The molecule has 0 saturated heterocycles. The van der Waals surface area contributed by atoms with E-state index >= 15 is 0 Å². The van der Waals surface area contributed by atoms with E-state index < -0.39 is 11.4 Å². The Morgan fingerprint density at radius 2 is 1.95 bits per heavy atom. The molecule has 2 aromatic heterocycles. The van der Waals surface area contributed by atoms with Crippen molar-refractivity contribution >= 4 is 16.9 Å². The Balaban J connectivity index is 1.96. The van der Waals surface area contributed by atoms with Crippen molar-refractivity contribution in [3.05, 3.63) is 76.3 Å². The molecule has 0 radical (unpaired) electrons. The van der Waals surface area contributed by atoms with Gasteiger partial charge in [0.1, 0.15) is 5.56 Å². The van der Waals surface area contributed by atoms with Crippen LogP contribution in [-0.4, -0.2) is 20.6 Å². The third-order valence-corrected chi connectivity index (χ3v) is 3.21. The molecule has 0 bridgehead atoms. The minimum absolute atomic E-state index is 0.238. The van der Waals surface area contributed by atoms with E-state index in [1.807, 2.05) is 36.4 Å². The molecule has 0 unspecified atom stereocenters. The predicted molar refractivity (Wildman–Crippen MR) is 78.5 cm³/mol. The van der Waals surface area contributed by atoms with Crippen LogP contribution in [0.5, 0.6) is 0 Å². The maximum absolute atomic E-state index is 11.4. The lowest BCUT2D eigenvalue weighted by molar-refractivity contribution is 0.0694. The summed E-state index contributed by atoms with van der Waals surface area (Å²) >= 11 is 0. The molecule has 21 heavy (non-hydrogen) atoms. The minimum atomic E-state index is -1.22. The normalized spacial score (nSPS) is 10.7. The molecule has 1 N–H and O–H groups in total. The minimum Gasteiger partial charge on any atom is -0.477 e. The molecule has 0 atom stereocenters. The Labute approximate surface area is 120 Å². The highest BCUT2D eigenvalue weighted by Crippen LogP contribution is 2.12. The smallest absolute Gasteiger partial charge is 0.341 e. The summed E-state index contributed by atoms with van der Waals surface area (Å²) in [5.74, 6) is -1.22. The fraction of sp³-hybridized carbons (Fsp3) is 0.0625. The Morgan fingerprint density at radius 1 is 1.14 bits per heavy atom. The predicted octanol–water partition coefficient (Wildman–Crippen LogP) is 2.14. The van der Waals surface area contributed by atoms with Gasteiger partial charge >= 0.3 is 5.97 Å². The summed E-state index contributed by atoms with van der Waals surface area (Å²) in [5.41, 5.74) is 0.951. The van der Waals surface area contributed by atoms with Gasteiger partial charge in [0, 0.05) is 23.8 Å². The average molecular weight is 280 g/mol. The van der Waals surface area contributed by atoms with E-state index in [0.29, 0.717) is 6.54 Å². The highest BCUT2D eigenvalue weighted by atomic mass is 16.4. The number of pyridine rings is 2. The first kappa shape index (κ1) is 13.1. The van der Waals surface area contributed by atoms with Crippen LogP contribution in [0.2, 0.25) is 0 Å². The van der Waals surface area contributed by atoms with Crippen molar-refractivity contribution in [2.45, 2.75) is 6.54 Å². The number of hydrogen-bond acceptors (Lipinski definition) is 3. The molecule has 104 valence electrons. The Kier molecular flexibility index (Phi) is 3.23. The zero-order valence-corrected chi connectivity index (χ0v) is 11.1. The van der Waals surface area contributed by atoms with E-state index in [1.165, 1.54) is 12.3 Å². The molecule has 2 heterocycles. The van der Waals surface area contributed by atoms with Crippen LogP contribution in [0.25, 0.3) is 10.9 Å². The molecular formula is C16H12N2O3. The maximum atomic E-state index is 11.4. The van der Waals surface area contributed by atoms with E-state index in [2.05, 4.69) is 4.98 Å². The van der Waals surface area contributed by atoms with E-state index in [0.717, 1.165) is 16.6 Å². The van der Waals surface area contributed by atoms with Crippen LogP contribution in [0.3, 0.4) is 0 Å². The Bertz CT molecular complexity index is 884. The maximum Gasteiger partial charge on any atom is 0.341 e. The molecule has 5 nitrogen and oxygen atoms in total. The fourth-order valence-corrected chi connectivity index (χ4v) is 2.17. The molecule has 0 spiro atoms. The first-order valence-electron chi connectivity index (χ1n) is 6.41. The van der Waals surface area contributed by atoms with Gasteiger partial charge in [-0.2, -0.15) is 0 Å². The van der Waals surface area contributed by atoms with Gasteiger partial charge in [0.15, 0.2) is 5.43 Å². The van der Waals surface area contributed by atoms with Crippen molar-refractivity contribution in [1.82, 2.24) is 9.55 Å². The summed E-state index contributed by atoms with van der Waals surface area (Å²) in [5, 5.41) is 10.0. The largest absolute Gasteiger partial charge is 0.477 e. The quantitative estimate of drug-likeness (QED) is 0.797. The standard InChI is InChI=1S/C16H12N2O3/c19-15-7-8-18(10-13(15)16(20)21)9-12-6-5-11-3-1-2-4-14(11)17-12/h1-8,10H,9H2,(H,20,21). The molecule has 0 saturated carbocycles. The number of carboxylic acid groups (broad SMARTS) is 1. The molecule has 3 aromatic rings. The van der Waals surface area contributed by atoms with Crippen LogP contribution in [0.1, 0.15) is 16.1 Å². The average Bonchev–Trinajstić information content (AvgIpc) is 2.49. The van der Waals surface area contributed by atoms with Gasteiger partial charge < -0.3 is 9.67 Å². The summed E-state index contributed by atoms with van der Waals surface area (Å²) in [6.45, 7) is 0.408. The number of fused-ring (bicyclic) bond motifs is 1. The second-order valence-electron chi connectivity index (χ2n) is 4.70. The van der Waals surface area contributed by atoms with Gasteiger partial charge in [0.05, 0.1) is 17.8 Å². The SMILES string of the molecule is O=C(O)c1cn(Cc2ccc3ccccc3n2)ccc1=O. The number of carboxylic acids is 1. The number of nitrogens with zero attached hydrogens (tertiary/aromatic N) is 2. The number of aromatic nitrogens is 2. The van der Waals surface area contributed by atoms with E-state index in [4.69, 9.17) is 5.11 Å². The third-order valence-electron chi connectivity index (χ3n) is 3.21. The lowest BCUT2D eigenvalue weighted by Crippen LogP contribution is -2.17. The summed E-state index contributed by atoms with van der Waals surface area (Å²) in [4.78, 5) is 26.9. The van der Waals surface area contributed by atoms with Gasteiger partial charge in [-0.3, -0.25) is 9.78 Å². The van der Waals surface area contributed by atoms with Gasteiger partial charge in [0.25, 0.3) is 0 Å². The van der Waals surface area contributed by atoms with Crippen LogP contribution in [0.4, 0.5) is 0 Å². The van der Waals surface area contributed by atoms with Crippen molar-refractivity contribution in [1.29, 1.82) is 0 Å². The van der Waals surface area contributed by atoms with Crippen LogP contribution >= 0.6 is 0 Å². The second kappa shape index (κ2) is 5.20. The van der Waals surface area contributed by atoms with Crippen molar-refractivity contribution in [3.63, 3.8) is 0 Å². The van der Waals surface area contributed by atoms with Gasteiger partial charge in [-0.15, -0.1) is 0 Å². The molecule has 0 aliphatic carbocycles. The highest BCUT2D eigenvalue weighted by Gasteiger charge is 2.08. The van der Waals surface area contributed by atoms with Crippen LogP contribution in [0.15, 0.2) is 59.7 Å². The summed E-state index contributed by atoms with van der Waals surface area (Å²) in [7, 11) is 0. The highest BCUT2D eigenvalue weighted by molar-refractivity contribution is 5.87. The number of aromatic carboxylic acids is 1. The number of rotatable bonds is 3. The van der Waals surface area contributed by atoms with Crippen molar-refractivity contribution in [3.8, 4) is 0 Å². The summed E-state index contributed by atoms with van der Waals surface area (Å²) in [6.07, 6.45) is 2.90. The van der Waals surface area contributed by atoms with E-state index in [1.54, 1.807) is 10.8 Å². The molecule has 0 aliphatic heterocycles. The number of para-hydroxylation sites is 1. The molecule has 0 aliphatic rings. The summed E-state index contributed by atoms with van der Waals surface area (Å²) in [6, 6.07) is 12.9. The van der Waals surface area contributed by atoms with Crippen LogP contribution in [-0.2, 0) is 6.54 Å². The zero-order valence-electron chi connectivity index (χ0n) is 11.1. The van der Waals surface area contributed by atoms with E-state index in [9.17, 15) is 9.59 Å².